The number of hydrogen-bond donors (Lipinski definition) is 1. The van der Waals surface area contributed by atoms with Crippen molar-refractivity contribution in [1.82, 2.24) is 14.9 Å². The summed E-state index contributed by atoms with van der Waals surface area (Å²) in [5.41, 5.74) is 0.838. The highest BCUT2D eigenvalue weighted by atomic mass is 79.9. The summed E-state index contributed by atoms with van der Waals surface area (Å²) in [5.74, 6) is 0.798. The number of aromatic nitrogens is 2. The summed E-state index contributed by atoms with van der Waals surface area (Å²) in [6.07, 6.45) is -0.877. The van der Waals surface area contributed by atoms with Crippen LogP contribution in [0, 0.1) is 0 Å². The average molecular weight is 392 g/mol. The van der Waals surface area contributed by atoms with Crippen molar-refractivity contribution in [2.24, 2.45) is 0 Å². The van der Waals surface area contributed by atoms with E-state index in [0.29, 0.717) is 26.2 Å². The van der Waals surface area contributed by atoms with E-state index in [0.717, 1.165) is 26.2 Å². The van der Waals surface area contributed by atoms with Crippen molar-refractivity contribution in [3.05, 3.63) is 16.2 Å². The van der Waals surface area contributed by atoms with Crippen molar-refractivity contribution in [2.45, 2.75) is 5.33 Å². The molecule has 0 aromatic carbocycles. The standard InChI is InChI=1S/C12H12BrClN4O2S/c13-6-7-5-8-9(21-7)10(16-11(14)15-8)17-1-3-18(4-2-17)12(19)20/h5H,1-4,6H2,(H,19,20). The van der Waals surface area contributed by atoms with E-state index in [2.05, 4.69) is 30.8 Å². The molecule has 0 atom stereocenters. The van der Waals surface area contributed by atoms with Crippen LogP contribution >= 0.6 is 38.9 Å². The van der Waals surface area contributed by atoms with Crippen LogP contribution in [0.15, 0.2) is 6.07 Å². The van der Waals surface area contributed by atoms with Crippen molar-refractivity contribution in [3.8, 4) is 0 Å². The zero-order valence-corrected chi connectivity index (χ0v) is 14.1. The molecular formula is C12H12BrClN4O2S. The molecule has 0 bridgehead atoms. The lowest BCUT2D eigenvalue weighted by Crippen LogP contribution is -2.48. The van der Waals surface area contributed by atoms with Gasteiger partial charge in [0.1, 0.15) is 0 Å². The van der Waals surface area contributed by atoms with E-state index in [1.165, 1.54) is 4.90 Å². The Morgan fingerprint density at radius 1 is 1.38 bits per heavy atom. The molecule has 0 aliphatic carbocycles. The van der Waals surface area contributed by atoms with Crippen LogP contribution in [0.1, 0.15) is 4.88 Å². The van der Waals surface area contributed by atoms with Gasteiger partial charge >= 0.3 is 6.09 Å². The zero-order chi connectivity index (χ0) is 15.0. The van der Waals surface area contributed by atoms with E-state index in [4.69, 9.17) is 16.7 Å². The highest BCUT2D eigenvalue weighted by molar-refractivity contribution is 9.08. The molecule has 2 aromatic rings. The predicted octanol–water partition coefficient (Wildman–Crippen LogP) is 3.04. The highest BCUT2D eigenvalue weighted by Crippen LogP contribution is 2.34. The second kappa shape index (κ2) is 5.94. The first kappa shape index (κ1) is 14.8. The van der Waals surface area contributed by atoms with E-state index in [9.17, 15) is 4.79 Å². The van der Waals surface area contributed by atoms with Crippen LogP contribution < -0.4 is 4.90 Å². The number of carboxylic acid groups (broad SMARTS) is 1. The van der Waals surface area contributed by atoms with E-state index in [1.54, 1.807) is 11.3 Å². The largest absolute Gasteiger partial charge is 0.465 e. The third-order valence-electron chi connectivity index (χ3n) is 3.36. The monoisotopic (exact) mass is 390 g/mol. The lowest BCUT2D eigenvalue weighted by molar-refractivity contribution is 0.142. The van der Waals surface area contributed by atoms with Gasteiger partial charge in [-0.15, -0.1) is 11.3 Å². The molecule has 1 amide bonds. The molecule has 1 fully saturated rings. The molecule has 1 aliphatic heterocycles. The number of hydrogen-bond acceptors (Lipinski definition) is 5. The molecule has 0 unspecified atom stereocenters. The molecule has 6 nitrogen and oxygen atoms in total. The molecule has 3 rings (SSSR count). The summed E-state index contributed by atoms with van der Waals surface area (Å²) in [4.78, 5) is 24.2. The Morgan fingerprint density at radius 2 is 2.10 bits per heavy atom. The second-order valence-corrected chi connectivity index (χ2v) is 6.67. The summed E-state index contributed by atoms with van der Waals surface area (Å²) in [6.45, 7) is 2.15. The van der Waals surface area contributed by atoms with E-state index in [-0.39, 0.29) is 5.28 Å². The van der Waals surface area contributed by atoms with Gasteiger partial charge in [0.15, 0.2) is 5.82 Å². The summed E-state index contributed by atoms with van der Waals surface area (Å²) < 4.78 is 0.998. The molecule has 0 spiro atoms. The van der Waals surface area contributed by atoms with Crippen LogP contribution in [0.3, 0.4) is 0 Å². The lowest BCUT2D eigenvalue weighted by Gasteiger charge is -2.33. The first-order chi connectivity index (χ1) is 10.1. The number of halogens is 2. The Balaban J connectivity index is 1.93. The summed E-state index contributed by atoms with van der Waals surface area (Å²) in [6, 6.07) is 2.00. The van der Waals surface area contributed by atoms with E-state index >= 15 is 0 Å². The fraction of sp³-hybridized carbons (Fsp3) is 0.417. The van der Waals surface area contributed by atoms with Crippen LogP contribution in [-0.2, 0) is 5.33 Å². The zero-order valence-electron chi connectivity index (χ0n) is 10.9. The van der Waals surface area contributed by atoms with Crippen molar-refractivity contribution in [3.63, 3.8) is 0 Å². The maximum Gasteiger partial charge on any atom is 0.407 e. The normalized spacial score (nSPS) is 15.7. The fourth-order valence-electron chi connectivity index (χ4n) is 2.33. The van der Waals surface area contributed by atoms with Gasteiger partial charge in [-0.25, -0.2) is 9.78 Å². The molecule has 1 aliphatic rings. The summed E-state index contributed by atoms with van der Waals surface area (Å²) in [7, 11) is 0. The predicted molar refractivity (Wildman–Crippen MR) is 86.9 cm³/mol. The summed E-state index contributed by atoms with van der Waals surface area (Å²) in [5, 5.41) is 9.99. The molecule has 9 heteroatoms. The van der Waals surface area contributed by atoms with Crippen molar-refractivity contribution < 1.29 is 9.90 Å². The lowest BCUT2D eigenvalue weighted by atomic mass is 10.3. The molecule has 3 heterocycles. The van der Waals surface area contributed by atoms with Crippen molar-refractivity contribution >= 4 is 61.0 Å². The minimum Gasteiger partial charge on any atom is -0.465 e. The number of anilines is 1. The van der Waals surface area contributed by atoms with E-state index < -0.39 is 6.09 Å². The van der Waals surface area contributed by atoms with Crippen molar-refractivity contribution in [1.29, 1.82) is 0 Å². The number of thiophene rings is 1. The van der Waals surface area contributed by atoms with Gasteiger partial charge in [-0.3, -0.25) is 0 Å². The third-order valence-corrected chi connectivity index (χ3v) is 5.62. The Morgan fingerprint density at radius 3 is 2.71 bits per heavy atom. The molecule has 1 saturated heterocycles. The first-order valence-corrected chi connectivity index (χ1v) is 8.65. The van der Waals surface area contributed by atoms with Gasteiger partial charge in [-0.1, -0.05) is 15.9 Å². The van der Waals surface area contributed by atoms with Gasteiger partial charge in [0.05, 0.1) is 10.2 Å². The van der Waals surface area contributed by atoms with Crippen LogP contribution in [-0.4, -0.2) is 52.2 Å². The van der Waals surface area contributed by atoms with Gasteiger partial charge < -0.3 is 14.9 Å². The minimum atomic E-state index is -0.877. The van der Waals surface area contributed by atoms with Crippen LogP contribution in [0.25, 0.3) is 10.2 Å². The van der Waals surface area contributed by atoms with Crippen molar-refractivity contribution in [2.75, 3.05) is 31.1 Å². The van der Waals surface area contributed by atoms with Crippen LogP contribution in [0.5, 0.6) is 0 Å². The number of carbonyl (C=O) groups is 1. The fourth-order valence-corrected chi connectivity index (χ4v) is 3.97. The Bertz CT molecular complexity index is 687. The Hall–Kier alpha value is -1.12. The smallest absolute Gasteiger partial charge is 0.407 e. The topological polar surface area (TPSA) is 69.6 Å². The van der Waals surface area contributed by atoms with E-state index in [1.807, 2.05) is 6.07 Å². The first-order valence-electron chi connectivity index (χ1n) is 6.33. The minimum absolute atomic E-state index is 0.220. The van der Waals surface area contributed by atoms with Crippen LogP contribution in [0.4, 0.5) is 10.6 Å². The third kappa shape index (κ3) is 2.93. The second-order valence-electron chi connectivity index (χ2n) is 4.63. The molecule has 2 aromatic heterocycles. The molecule has 0 radical (unpaired) electrons. The molecule has 21 heavy (non-hydrogen) atoms. The van der Waals surface area contributed by atoms with Crippen LogP contribution in [0.2, 0.25) is 5.28 Å². The molecule has 0 saturated carbocycles. The average Bonchev–Trinajstić information content (AvgIpc) is 2.89. The van der Waals surface area contributed by atoms with Gasteiger partial charge in [0.2, 0.25) is 5.28 Å². The SMILES string of the molecule is O=C(O)N1CCN(c2nc(Cl)nc3cc(CBr)sc23)CC1. The summed E-state index contributed by atoms with van der Waals surface area (Å²) >= 11 is 11.1. The van der Waals surface area contributed by atoms with Gasteiger partial charge in [-0.2, -0.15) is 4.98 Å². The molecule has 1 N–H and O–H groups in total. The Labute approximate surface area is 138 Å². The maximum atomic E-state index is 11.0. The Kier molecular flexibility index (Phi) is 4.19. The number of rotatable bonds is 2. The number of alkyl halides is 1. The maximum absolute atomic E-state index is 11.0. The number of fused-ring (bicyclic) bond motifs is 1. The number of amides is 1. The van der Waals surface area contributed by atoms with Gasteiger partial charge in [0.25, 0.3) is 0 Å². The molecule has 112 valence electrons. The highest BCUT2D eigenvalue weighted by Gasteiger charge is 2.24. The number of nitrogens with zero attached hydrogens (tertiary/aromatic N) is 4. The van der Waals surface area contributed by atoms with Gasteiger partial charge in [0, 0.05) is 36.4 Å². The molecular weight excluding hydrogens is 380 g/mol. The quantitative estimate of drug-likeness (QED) is 0.629. The number of piperazine rings is 1. The van der Waals surface area contributed by atoms with Gasteiger partial charge in [-0.05, 0) is 17.7 Å².